The minimum atomic E-state index is 0.662. The molecule has 82 valence electrons. The first-order valence-electron chi connectivity index (χ1n) is 5.10. The van der Waals surface area contributed by atoms with E-state index < -0.39 is 0 Å². The Balaban J connectivity index is 2.22. The van der Waals surface area contributed by atoms with Crippen LogP contribution >= 0.6 is 11.8 Å². The van der Waals surface area contributed by atoms with Gasteiger partial charge in [0.15, 0.2) is 0 Å². The van der Waals surface area contributed by atoms with Gasteiger partial charge in [0.2, 0.25) is 0 Å². The van der Waals surface area contributed by atoms with E-state index in [4.69, 9.17) is 5.73 Å². The van der Waals surface area contributed by atoms with Gasteiger partial charge in [-0.1, -0.05) is 30.3 Å². The molecule has 0 fully saturated rings. The van der Waals surface area contributed by atoms with E-state index >= 15 is 0 Å². The maximum Gasteiger partial charge on any atom is 0.117 e. The SMILES string of the molecule is NCCSc1cc(-c2ccccc2)ncn1. The van der Waals surface area contributed by atoms with Gasteiger partial charge >= 0.3 is 0 Å². The van der Waals surface area contributed by atoms with E-state index in [9.17, 15) is 0 Å². The second kappa shape index (κ2) is 5.63. The number of rotatable bonds is 4. The summed E-state index contributed by atoms with van der Waals surface area (Å²) in [6.07, 6.45) is 1.60. The van der Waals surface area contributed by atoms with Crippen LogP contribution in [0.3, 0.4) is 0 Å². The Kier molecular flexibility index (Phi) is 3.91. The fourth-order valence-electron chi connectivity index (χ4n) is 1.35. The van der Waals surface area contributed by atoms with Gasteiger partial charge in [-0.05, 0) is 6.07 Å². The van der Waals surface area contributed by atoms with Crippen LogP contribution in [0.25, 0.3) is 11.3 Å². The summed E-state index contributed by atoms with van der Waals surface area (Å²) >= 11 is 1.65. The van der Waals surface area contributed by atoms with Crippen molar-refractivity contribution in [2.24, 2.45) is 5.73 Å². The molecule has 0 radical (unpaired) electrons. The Bertz CT molecular complexity index is 445. The standard InChI is InChI=1S/C12H13N3S/c13-6-7-16-12-8-11(14-9-15-12)10-4-2-1-3-5-10/h1-5,8-9H,6-7,13H2. The molecule has 0 bridgehead atoms. The van der Waals surface area contributed by atoms with Crippen LogP contribution in [-0.4, -0.2) is 22.3 Å². The van der Waals surface area contributed by atoms with Crippen molar-refractivity contribution in [3.05, 3.63) is 42.7 Å². The first kappa shape index (κ1) is 11.1. The molecule has 0 aliphatic rings. The first-order valence-corrected chi connectivity index (χ1v) is 6.09. The average molecular weight is 231 g/mol. The lowest BCUT2D eigenvalue weighted by Gasteiger charge is -2.02. The molecule has 2 aromatic rings. The maximum atomic E-state index is 5.46. The molecule has 1 aromatic heterocycles. The van der Waals surface area contributed by atoms with E-state index in [0.29, 0.717) is 6.54 Å². The van der Waals surface area contributed by atoms with Crippen LogP contribution in [-0.2, 0) is 0 Å². The zero-order valence-electron chi connectivity index (χ0n) is 8.84. The largest absolute Gasteiger partial charge is 0.330 e. The van der Waals surface area contributed by atoms with Crippen molar-refractivity contribution in [3.63, 3.8) is 0 Å². The second-order valence-corrected chi connectivity index (χ2v) is 4.36. The van der Waals surface area contributed by atoms with Crippen molar-refractivity contribution in [2.45, 2.75) is 5.03 Å². The topological polar surface area (TPSA) is 51.8 Å². The highest BCUT2D eigenvalue weighted by atomic mass is 32.2. The lowest BCUT2D eigenvalue weighted by atomic mass is 10.1. The summed E-state index contributed by atoms with van der Waals surface area (Å²) in [5.74, 6) is 0.880. The molecule has 0 spiro atoms. The summed E-state index contributed by atoms with van der Waals surface area (Å²) in [6, 6.07) is 12.1. The molecular weight excluding hydrogens is 218 g/mol. The number of hydrogen-bond donors (Lipinski definition) is 1. The number of hydrogen-bond acceptors (Lipinski definition) is 4. The molecule has 0 aliphatic heterocycles. The molecule has 0 atom stereocenters. The van der Waals surface area contributed by atoms with Crippen LogP contribution in [0.15, 0.2) is 47.8 Å². The molecule has 0 saturated heterocycles. The number of aromatic nitrogens is 2. The van der Waals surface area contributed by atoms with Gasteiger partial charge in [-0.15, -0.1) is 11.8 Å². The Hall–Kier alpha value is -1.39. The lowest BCUT2D eigenvalue weighted by molar-refractivity contribution is 1.05. The average Bonchev–Trinajstić information content (AvgIpc) is 2.38. The van der Waals surface area contributed by atoms with Gasteiger partial charge in [-0.25, -0.2) is 9.97 Å². The number of benzene rings is 1. The predicted molar refractivity (Wildman–Crippen MR) is 67.2 cm³/mol. The van der Waals surface area contributed by atoms with E-state index in [0.717, 1.165) is 22.0 Å². The quantitative estimate of drug-likeness (QED) is 0.647. The van der Waals surface area contributed by atoms with E-state index in [1.54, 1.807) is 18.1 Å². The van der Waals surface area contributed by atoms with Gasteiger partial charge in [0.05, 0.1) is 5.69 Å². The first-order chi connectivity index (χ1) is 7.90. The predicted octanol–water partition coefficient (Wildman–Crippen LogP) is 2.19. The molecule has 3 nitrogen and oxygen atoms in total. The lowest BCUT2D eigenvalue weighted by Crippen LogP contribution is -2.01. The Morgan fingerprint density at radius 2 is 1.94 bits per heavy atom. The summed E-state index contributed by atoms with van der Waals surface area (Å²) in [6.45, 7) is 0.662. The van der Waals surface area contributed by atoms with Crippen molar-refractivity contribution in [1.29, 1.82) is 0 Å². The fraction of sp³-hybridized carbons (Fsp3) is 0.167. The van der Waals surface area contributed by atoms with Crippen LogP contribution in [0.5, 0.6) is 0 Å². The Morgan fingerprint density at radius 1 is 1.12 bits per heavy atom. The Labute approximate surface area is 99.1 Å². The molecule has 0 amide bonds. The molecule has 1 aromatic carbocycles. The highest BCUT2D eigenvalue weighted by molar-refractivity contribution is 7.99. The maximum absolute atomic E-state index is 5.46. The molecule has 4 heteroatoms. The van der Waals surface area contributed by atoms with Crippen LogP contribution < -0.4 is 5.73 Å². The van der Waals surface area contributed by atoms with Crippen molar-refractivity contribution in [1.82, 2.24) is 9.97 Å². The zero-order valence-corrected chi connectivity index (χ0v) is 9.65. The molecule has 0 unspecified atom stereocenters. The van der Waals surface area contributed by atoms with E-state index in [1.807, 2.05) is 36.4 Å². The third-order valence-electron chi connectivity index (χ3n) is 2.08. The van der Waals surface area contributed by atoms with Gasteiger partial charge in [0.25, 0.3) is 0 Å². The number of thioether (sulfide) groups is 1. The number of nitrogens with two attached hydrogens (primary N) is 1. The van der Waals surface area contributed by atoms with Gasteiger partial charge in [-0.3, -0.25) is 0 Å². The van der Waals surface area contributed by atoms with Gasteiger partial charge in [0.1, 0.15) is 11.4 Å². The minimum absolute atomic E-state index is 0.662. The minimum Gasteiger partial charge on any atom is -0.330 e. The van der Waals surface area contributed by atoms with E-state index in [1.165, 1.54) is 0 Å². The van der Waals surface area contributed by atoms with Crippen LogP contribution in [0.1, 0.15) is 0 Å². The van der Waals surface area contributed by atoms with Crippen LogP contribution in [0.2, 0.25) is 0 Å². The fourth-order valence-corrected chi connectivity index (χ4v) is 1.99. The number of nitrogens with zero attached hydrogens (tertiary/aromatic N) is 2. The normalized spacial score (nSPS) is 10.3. The van der Waals surface area contributed by atoms with Crippen molar-refractivity contribution in [2.75, 3.05) is 12.3 Å². The van der Waals surface area contributed by atoms with Crippen molar-refractivity contribution in [3.8, 4) is 11.3 Å². The van der Waals surface area contributed by atoms with E-state index in [-0.39, 0.29) is 0 Å². The summed E-state index contributed by atoms with van der Waals surface area (Å²) in [5, 5.41) is 0.972. The third kappa shape index (κ3) is 2.81. The van der Waals surface area contributed by atoms with Crippen LogP contribution in [0, 0.1) is 0 Å². The van der Waals surface area contributed by atoms with Gasteiger partial charge in [-0.2, -0.15) is 0 Å². The highest BCUT2D eigenvalue weighted by Gasteiger charge is 2.01. The third-order valence-corrected chi connectivity index (χ3v) is 3.04. The molecule has 0 aliphatic carbocycles. The van der Waals surface area contributed by atoms with Gasteiger partial charge < -0.3 is 5.73 Å². The van der Waals surface area contributed by atoms with Crippen LogP contribution in [0.4, 0.5) is 0 Å². The van der Waals surface area contributed by atoms with Gasteiger partial charge in [0, 0.05) is 17.9 Å². The molecular formula is C12H13N3S. The summed E-state index contributed by atoms with van der Waals surface area (Å²) in [5.41, 5.74) is 7.53. The smallest absolute Gasteiger partial charge is 0.117 e. The zero-order chi connectivity index (χ0) is 11.2. The van der Waals surface area contributed by atoms with E-state index in [2.05, 4.69) is 9.97 Å². The molecule has 2 rings (SSSR count). The summed E-state index contributed by atoms with van der Waals surface area (Å²) < 4.78 is 0. The molecule has 1 heterocycles. The highest BCUT2D eigenvalue weighted by Crippen LogP contribution is 2.21. The molecule has 2 N–H and O–H groups in total. The second-order valence-electron chi connectivity index (χ2n) is 3.24. The summed E-state index contributed by atoms with van der Waals surface area (Å²) in [4.78, 5) is 8.46. The van der Waals surface area contributed by atoms with Crippen molar-refractivity contribution < 1.29 is 0 Å². The monoisotopic (exact) mass is 231 g/mol. The molecule has 16 heavy (non-hydrogen) atoms. The summed E-state index contributed by atoms with van der Waals surface area (Å²) in [7, 11) is 0. The molecule has 0 saturated carbocycles. The Morgan fingerprint density at radius 3 is 2.69 bits per heavy atom. The van der Waals surface area contributed by atoms with Crippen molar-refractivity contribution >= 4 is 11.8 Å².